The van der Waals surface area contributed by atoms with Crippen LogP contribution in [0.2, 0.25) is 8.67 Å². The van der Waals surface area contributed by atoms with E-state index in [4.69, 9.17) is 23.2 Å². The summed E-state index contributed by atoms with van der Waals surface area (Å²) in [5.41, 5.74) is 0.698. The number of nitrogens with zero attached hydrogens (tertiary/aromatic N) is 1. The number of carbonyl (C=O) groups is 1. The van der Waals surface area contributed by atoms with E-state index in [9.17, 15) is 13.6 Å². The number of rotatable bonds is 3. The van der Waals surface area contributed by atoms with Crippen LogP contribution in [0.25, 0.3) is 11.3 Å². The van der Waals surface area contributed by atoms with Crippen molar-refractivity contribution in [1.29, 1.82) is 0 Å². The van der Waals surface area contributed by atoms with Crippen LogP contribution in [0.1, 0.15) is 10.4 Å². The minimum atomic E-state index is -0.721. The van der Waals surface area contributed by atoms with Crippen LogP contribution < -0.4 is 5.32 Å². The van der Waals surface area contributed by atoms with Crippen LogP contribution in [0, 0.1) is 11.6 Å². The van der Waals surface area contributed by atoms with Gasteiger partial charge in [-0.25, -0.2) is 13.8 Å². The van der Waals surface area contributed by atoms with E-state index in [-0.39, 0.29) is 20.6 Å². The molecule has 118 valence electrons. The van der Waals surface area contributed by atoms with Gasteiger partial charge in [-0.1, -0.05) is 23.2 Å². The van der Waals surface area contributed by atoms with Gasteiger partial charge >= 0.3 is 0 Å². The second-order valence-electron chi connectivity index (χ2n) is 4.35. The normalized spacial score (nSPS) is 10.8. The van der Waals surface area contributed by atoms with E-state index < -0.39 is 17.5 Å². The van der Waals surface area contributed by atoms with Gasteiger partial charge in [0.15, 0.2) is 5.13 Å². The first kappa shape index (κ1) is 16.3. The highest BCUT2D eigenvalue weighted by Crippen LogP contribution is 2.32. The molecule has 3 aromatic rings. The van der Waals surface area contributed by atoms with Crippen molar-refractivity contribution in [1.82, 2.24) is 4.98 Å². The number of nitrogens with one attached hydrogen (secondary N) is 1. The summed E-state index contributed by atoms with van der Waals surface area (Å²) in [6.07, 6.45) is 0. The average Bonchev–Trinajstić information content (AvgIpc) is 3.05. The van der Waals surface area contributed by atoms with Crippen LogP contribution in [0.15, 0.2) is 29.6 Å². The fraction of sp³-hybridized carbons (Fsp3) is 0. The predicted molar refractivity (Wildman–Crippen MR) is 89.8 cm³/mol. The second-order valence-corrected chi connectivity index (χ2v) is 7.50. The Morgan fingerprint density at radius 3 is 2.65 bits per heavy atom. The van der Waals surface area contributed by atoms with Crippen molar-refractivity contribution < 1.29 is 13.6 Å². The van der Waals surface area contributed by atoms with Gasteiger partial charge in [0, 0.05) is 17.0 Å². The quantitative estimate of drug-likeness (QED) is 0.622. The highest BCUT2D eigenvalue weighted by molar-refractivity contribution is 7.20. The van der Waals surface area contributed by atoms with E-state index in [1.807, 2.05) is 0 Å². The van der Waals surface area contributed by atoms with Crippen LogP contribution in [0.3, 0.4) is 0 Å². The van der Waals surface area contributed by atoms with Gasteiger partial charge in [-0.3, -0.25) is 10.1 Å². The lowest BCUT2D eigenvalue weighted by molar-refractivity contribution is 0.102. The molecule has 9 heteroatoms. The third-order valence-electron chi connectivity index (χ3n) is 2.83. The van der Waals surface area contributed by atoms with E-state index in [0.717, 1.165) is 34.8 Å². The highest BCUT2D eigenvalue weighted by Gasteiger charge is 2.17. The number of thiazole rings is 1. The number of thiophene rings is 1. The fourth-order valence-electron chi connectivity index (χ4n) is 1.81. The number of aromatic nitrogens is 1. The van der Waals surface area contributed by atoms with Gasteiger partial charge in [0.25, 0.3) is 5.91 Å². The summed E-state index contributed by atoms with van der Waals surface area (Å²) >= 11 is 13.9. The van der Waals surface area contributed by atoms with Crippen molar-refractivity contribution in [3.63, 3.8) is 0 Å². The third kappa shape index (κ3) is 3.53. The molecule has 0 saturated heterocycles. The maximum absolute atomic E-state index is 13.7. The number of hydrogen-bond acceptors (Lipinski definition) is 4. The molecule has 0 unspecified atom stereocenters. The standard InChI is InChI=1S/C14H6Cl2F2N2OS2/c15-11-4-8(12(16)23-11)13(21)20-14-19-10(5-22-14)7-2-1-6(17)3-9(7)18/h1-5H,(H,19,20,21). The highest BCUT2D eigenvalue weighted by atomic mass is 35.5. The maximum Gasteiger partial charge on any atom is 0.259 e. The van der Waals surface area contributed by atoms with Gasteiger partial charge in [0.1, 0.15) is 16.0 Å². The molecule has 0 aliphatic heterocycles. The molecule has 23 heavy (non-hydrogen) atoms. The molecule has 0 aliphatic rings. The molecular formula is C14H6Cl2F2N2OS2. The van der Waals surface area contributed by atoms with E-state index in [1.165, 1.54) is 12.1 Å². The van der Waals surface area contributed by atoms with Gasteiger partial charge in [-0.05, 0) is 18.2 Å². The van der Waals surface area contributed by atoms with Crippen molar-refractivity contribution in [2.75, 3.05) is 5.32 Å². The third-order valence-corrected chi connectivity index (χ3v) is 5.08. The van der Waals surface area contributed by atoms with Crippen molar-refractivity contribution in [2.45, 2.75) is 0 Å². The van der Waals surface area contributed by atoms with E-state index in [2.05, 4.69) is 10.3 Å². The molecule has 0 bridgehead atoms. The lowest BCUT2D eigenvalue weighted by Gasteiger charge is -2.00. The SMILES string of the molecule is O=C(Nc1nc(-c2ccc(F)cc2F)cs1)c1cc(Cl)sc1Cl. The van der Waals surface area contributed by atoms with Crippen LogP contribution in [0.4, 0.5) is 13.9 Å². The molecule has 0 saturated carbocycles. The van der Waals surface area contributed by atoms with Crippen LogP contribution in [-0.4, -0.2) is 10.9 Å². The molecule has 0 radical (unpaired) electrons. The van der Waals surface area contributed by atoms with Gasteiger partial charge in [0.05, 0.1) is 15.6 Å². The van der Waals surface area contributed by atoms with Gasteiger partial charge in [-0.15, -0.1) is 22.7 Å². The zero-order valence-electron chi connectivity index (χ0n) is 11.1. The first-order valence-electron chi connectivity index (χ1n) is 6.11. The van der Waals surface area contributed by atoms with E-state index >= 15 is 0 Å². The first-order chi connectivity index (χ1) is 10.9. The Balaban J connectivity index is 1.82. The van der Waals surface area contributed by atoms with E-state index in [0.29, 0.717) is 10.0 Å². The zero-order chi connectivity index (χ0) is 16.6. The van der Waals surface area contributed by atoms with Crippen molar-refractivity contribution in [3.05, 3.63) is 55.5 Å². The van der Waals surface area contributed by atoms with Gasteiger partial charge in [0.2, 0.25) is 0 Å². The minimum absolute atomic E-state index is 0.153. The minimum Gasteiger partial charge on any atom is -0.298 e. The number of anilines is 1. The molecule has 2 aromatic heterocycles. The number of hydrogen-bond donors (Lipinski definition) is 1. The van der Waals surface area contributed by atoms with Crippen LogP contribution >= 0.6 is 45.9 Å². The molecule has 3 rings (SSSR count). The van der Waals surface area contributed by atoms with E-state index in [1.54, 1.807) is 5.38 Å². The zero-order valence-corrected chi connectivity index (χ0v) is 14.2. The van der Waals surface area contributed by atoms with Crippen molar-refractivity contribution in [2.24, 2.45) is 0 Å². The molecule has 0 spiro atoms. The van der Waals surface area contributed by atoms with Gasteiger partial charge in [-0.2, -0.15) is 0 Å². The maximum atomic E-state index is 13.7. The Hall–Kier alpha value is -1.54. The lowest BCUT2D eigenvalue weighted by atomic mass is 10.1. The van der Waals surface area contributed by atoms with Crippen LogP contribution in [-0.2, 0) is 0 Å². The molecule has 0 aliphatic carbocycles. The molecule has 1 amide bonds. The Morgan fingerprint density at radius 2 is 2.00 bits per heavy atom. The summed E-state index contributed by atoms with van der Waals surface area (Å²) in [5.74, 6) is -1.85. The number of carbonyl (C=O) groups excluding carboxylic acids is 1. The van der Waals surface area contributed by atoms with Gasteiger partial charge < -0.3 is 0 Å². The molecule has 3 nitrogen and oxygen atoms in total. The summed E-state index contributed by atoms with van der Waals surface area (Å²) in [6.45, 7) is 0. The predicted octanol–water partition coefficient (Wildman–Crippen LogP) is 5.71. The molecule has 1 N–H and O–H groups in total. The topological polar surface area (TPSA) is 42.0 Å². The summed E-state index contributed by atoms with van der Waals surface area (Å²) < 4.78 is 27.3. The van der Waals surface area contributed by atoms with Crippen molar-refractivity contribution >= 4 is 56.9 Å². The van der Waals surface area contributed by atoms with Crippen LogP contribution in [0.5, 0.6) is 0 Å². The Labute approximate surface area is 147 Å². The average molecular weight is 391 g/mol. The smallest absolute Gasteiger partial charge is 0.259 e. The molecule has 2 heterocycles. The first-order valence-corrected chi connectivity index (χ1v) is 8.56. The molecule has 1 aromatic carbocycles. The summed E-state index contributed by atoms with van der Waals surface area (Å²) in [7, 11) is 0. The Kier molecular flexibility index (Phi) is 4.63. The summed E-state index contributed by atoms with van der Waals surface area (Å²) in [4.78, 5) is 16.2. The number of benzene rings is 1. The second kappa shape index (κ2) is 6.52. The fourth-order valence-corrected chi connectivity index (χ4v) is 3.98. The summed E-state index contributed by atoms with van der Waals surface area (Å²) in [6, 6.07) is 4.67. The Morgan fingerprint density at radius 1 is 1.22 bits per heavy atom. The molecule has 0 atom stereocenters. The van der Waals surface area contributed by atoms with Crippen molar-refractivity contribution in [3.8, 4) is 11.3 Å². The number of halogens is 4. The summed E-state index contributed by atoms with van der Waals surface area (Å²) in [5, 5.41) is 4.40. The number of amides is 1. The molecule has 0 fully saturated rings. The monoisotopic (exact) mass is 390 g/mol. The Bertz CT molecular complexity index is 895. The largest absolute Gasteiger partial charge is 0.298 e. The lowest BCUT2D eigenvalue weighted by Crippen LogP contribution is -2.11. The molecular weight excluding hydrogens is 385 g/mol.